The minimum atomic E-state index is -0.0451. The van der Waals surface area contributed by atoms with Gasteiger partial charge >= 0.3 is 0 Å². The number of aliphatic hydroxyl groups is 1. The third-order valence-electron chi connectivity index (χ3n) is 4.60. The second-order valence-electron chi connectivity index (χ2n) is 5.94. The minimum absolute atomic E-state index is 0.0451. The van der Waals surface area contributed by atoms with Crippen molar-refractivity contribution >= 4 is 5.69 Å². The predicted octanol–water partition coefficient (Wildman–Crippen LogP) is 4.37. The first kappa shape index (κ1) is 14.8. The Morgan fingerprint density at radius 1 is 0.917 bits per heavy atom. The van der Waals surface area contributed by atoms with Crippen LogP contribution in [-0.2, 0) is 6.61 Å². The van der Waals surface area contributed by atoms with Crippen LogP contribution in [0.5, 0.6) is 5.75 Å². The summed E-state index contributed by atoms with van der Waals surface area (Å²) in [6, 6.07) is 22.9. The van der Waals surface area contributed by atoms with E-state index in [-0.39, 0.29) is 12.6 Å². The van der Waals surface area contributed by atoms with Gasteiger partial charge in [-0.2, -0.15) is 0 Å². The summed E-state index contributed by atoms with van der Waals surface area (Å²) in [6.45, 7) is -0.0451. The van der Waals surface area contributed by atoms with Crippen molar-refractivity contribution in [3.05, 3.63) is 83.4 Å². The van der Waals surface area contributed by atoms with E-state index in [1.165, 1.54) is 22.3 Å². The van der Waals surface area contributed by atoms with E-state index in [1.807, 2.05) is 18.2 Å². The lowest BCUT2D eigenvalue weighted by Crippen LogP contribution is -2.09. The van der Waals surface area contributed by atoms with Crippen LogP contribution >= 0.6 is 0 Å². The number of hydrogen-bond donors (Lipinski definition) is 2. The maximum Gasteiger partial charge on any atom is 0.124 e. The van der Waals surface area contributed by atoms with Crippen LogP contribution in [0.25, 0.3) is 11.1 Å². The van der Waals surface area contributed by atoms with Crippen LogP contribution in [0.2, 0.25) is 0 Å². The molecule has 0 amide bonds. The van der Waals surface area contributed by atoms with E-state index in [2.05, 4.69) is 53.8 Å². The van der Waals surface area contributed by atoms with E-state index in [9.17, 15) is 5.11 Å². The Hall–Kier alpha value is -2.78. The predicted molar refractivity (Wildman–Crippen MR) is 96.3 cm³/mol. The van der Waals surface area contributed by atoms with Crippen LogP contribution in [0, 0.1) is 0 Å². The van der Waals surface area contributed by atoms with E-state index in [0.29, 0.717) is 5.75 Å². The number of fused-ring (bicyclic) bond motifs is 3. The van der Waals surface area contributed by atoms with Gasteiger partial charge in [0.25, 0.3) is 0 Å². The summed E-state index contributed by atoms with van der Waals surface area (Å²) in [5.41, 5.74) is 6.86. The molecule has 0 spiro atoms. The molecule has 0 fully saturated rings. The van der Waals surface area contributed by atoms with Gasteiger partial charge < -0.3 is 15.2 Å². The molecule has 0 saturated carbocycles. The van der Waals surface area contributed by atoms with Crippen LogP contribution in [0.1, 0.15) is 22.7 Å². The standard InChI is InChI=1S/C21H19NO2/c1-24-20-11-10-15(12-14(20)13-23)22-21-18-8-4-2-6-16(18)17-7-3-5-9-19(17)21/h2-12,21-23H,13H2,1H3. The average molecular weight is 317 g/mol. The SMILES string of the molecule is COc1ccc(NC2c3ccccc3-c3ccccc32)cc1CO. The first-order chi connectivity index (χ1) is 11.8. The Bertz CT molecular complexity index is 843. The van der Waals surface area contributed by atoms with E-state index in [0.717, 1.165) is 11.3 Å². The molecule has 1 aliphatic carbocycles. The third kappa shape index (κ3) is 2.34. The number of nitrogens with one attached hydrogen (secondary N) is 1. The highest BCUT2D eigenvalue weighted by molar-refractivity contribution is 5.80. The van der Waals surface area contributed by atoms with Gasteiger partial charge in [-0.1, -0.05) is 48.5 Å². The maximum atomic E-state index is 9.54. The van der Waals surface area contributed by atoms with Crippen molar-refractivity contribution in [3.8, 4) is 16.9 Å². The first-order valence-electron chi connectivity index (χ1n) is 8.04. The zero-order valence-electron chi connectivity index (χ0n) is 13.5. The van der Waals surface area contributed by atoms with Gasteiger partial charge in [0.2, 0.25) is 0 Å². The van der Waals surface area contributed by atoms with E-state index in [1.54, 1.807) is 7.11 Å². The number of anilines is 1. The molecule has 0 unspecified atom stereocenters. The van der Waals surface area contributed by atoms with Crippen molar-refractivity contribution in [1.29, 1.82) is 0 Å². The highest BCUT2D eigenvalue weighted by Gasteiger charge is 2.27. The van der Waals surface area contributed by atoms with Crippen LogP contribution in [0.3, 0.4) is 0 Å². The molecule has 0 radical (unpaired) electrons. The van der Waals surface area contributed by atoms with Gasteiger partial charge in [0.1, 0.15) is 5.75 Å². The zero-order valence-corrected chi connectivity index (χ0v) is 13.5. The molecule has 0 bridgehead atoms. The summed E-state index contributed by atoms with van der Waals surface area (Å²) in [7, 11) is 1.62. The quantitative estimate of drug-likeness (QED) is 0.751. The van der Waals surface area contributed by atoms with Crippen molar-refractivity contribution in [2.75, 3.05) is 12.4 Å². The maximum absolute atomic E-state index is 9.54. The fourth-order valence-corrected chi connectivity index (χ4v) is 3.47. The molecule has 1 aliphatic rings. The molecular formula is C21H19NO2. The lowest BCUT2D eigenvalue weighted by atomic mass is 10.0. The van der Waals surface area contributed by atoms with Gasteiger partial charge in [0.05, 0.1) is 19.8 Å². The number of rotatable bonds is 4. The van der Waals surface area contributed by atoms with Crippen molar-refractivity contribution in [2.24, 2.45) is 0 Å². The van der Waals surface area contributed by atoms with Gasteiger partial charge in [0.15, 0.2) is 0 Å². The second-order valence-corrected chi connectivity index (χ2v) is 5.94. The summed E-state index contributed by atoms with van der Waals surface area (Å²) >= 11 is 0. The fourth-order valence-electron chi connectivity index (χ4n) is 3.47. The van der Waals surface area contributed by atoms with E-state index in [4.69, 9.17) is 4.74 Å². The zero-order chi connectivity index (χ0) is 16.5. The normalized spacial score (nSPS) is 12.6. The lowest BCUT2D eigenvalue weighted by Gasteiger charge is -2.18. The summed E-state index contributed by atoms with van der Waals surface area (Å²) in [5, 5.41) is 13.2. The summed E-state index contributed by atoms with van der Waals surface area (Å²) in [4.78, 5) is 0. The smallest absolute Gasteiger partial charge is 0.124 e. The molecule has 120 valence electrons. The molecule has 3 aromatic carbocycles. The molecular weight excluding hydrogens is 298 g/mol. The molecule has 0 aliphatic heterocycles. The fraction of sp³-hybridized carbons (Fsp3) is 0.143. The molecule has 2 N–H and O–H groups in total. The van der Waals surface area contributed by atoms with Crippen molar-refractivity contribution in [3.63, 3.8) is 0 Å². The van der Waals surface area contributed by atoms with Gasteiger partial charge in [-0.3, -0.25) is 0 Å². The molecule has 0 saturated heterocycles. The Balaban J connectivity index is 1.75. The minimum Gasteiger partial charge on any atom is -0.496 e. The second kappa shape index (κ2) is 6.02. The molecule has 3 heteroatoms. The first-order valence-corrected chi connectivity index (χ1v) is 8.04. The summed E-state index contributed by atoms with van der Waals surface area (Å²) < 4.78 is 5.29. The number of aliphatic hydroxyl groups excluding tert-OH is 1. The lowest BCUT2D eigenvalue weighted by molar-refractivity contribution is 0.274. The number of benzene rings is 3. The van der Waals surface area contributed by atoms with Gasteiger partial charge in [-0.15, -0.1) is 0 Å². The molecule has 3 aromatic rings. The van der Waals surface area contributed by atoms with E-state index < -0.39 is 0 Å². The molecule has 0 aromatic heterocycles. The van der Waals surface area contributed by atoms with Crippen molar-refractivity contribution < 1.29 is 9.84 Å². The van der Waals surface area contributed by atoms with Crippen LogP contribution in [-0.4, -0.2) is 12.2 Å². The van der Waals surface area contributed by atoms with Gasteiger partial charge in [-0.05, 0) is 40.5 Å². The van der Waals surface area contributed by atoms with E-state index >= 15 is 0 Å². The van der Waals surface area contributed by atoms with Gasteiger partial charge in [0, 0.05) is 11.3 Å². The van der Waals surface area contributed by atoms with Crippen LogP contribution in [0.15, 0.2) is 66.7 Å². The molecule has 24 heavy (non-hydrogen) atoms. The third-order valence-corrected chi connectivity index (χ3v) is 4.60. The largest absolute Gasteiger partial charge is 0.496 e. The monoisotopic (exact) mass is 317 g/mol. The summed E-state index contributed by atoms with van der Waals surface area (Å²) in [5.74, 6) is 0.704. The number of ether oxygens (including phenoxy) is 1. The number of hydrogen-bond acceptors (Lipinski definition) is 3. The molecule has 0 atom stereocenters. The Labute approximate surface area is 141 Å². The highest BCUT2D eigenvalue weighted by atomic mass is 16.5. The molecule has 3 nitrogen and oxygen atoms in total. The number of methoxy groups -OCH3 is 1. The Morgan fingerprint density at radius 2 is 1.54 bits per heavy atom. The Morgan fingerprint density at radius 3 is 2.12 bits per heavy atom. The molecule has 0 heterocycles. The van der Waals surface area contributed by atoms with Crippen molar-refractivity contribution in [2.45, 2.75) is 12.6 Å². The topological polar surface area (TPSA) is 41.5 Å². The molecule has 4 rings (SSSR count). The Kier molecular flexibility index (Phi) is 3.71. The van der Waals surface area contributed by atoms with Crippen LogP contribution in [0.4, 0.5) is 5.69 Å². The summed E-state index contributed by atoms with van der Waals surface area (Å²) in [6.07, 6.45) is 0. The highest BCUT2D eigenvalue weighted by Crippen LogP contribution is 2.44. The van der Waals surface area contributed by atoms with Gasteiger partial charge in [-0.25, -0.2) is 0 Å². The average Bonchev–Trinajstić information content (AvgIpc) is 2.96. The van der Waals surface area contributed by atoms with Crippen molar-refractivity contribution in [1.82, 2.24) is 0 Å². The van der Waals surface area contributed by atoms with Crippen LogP contribution < -0.4 is 10.1 Å².